The molecule has 0 saturated heterocycles. The summed E-state index contributed by atoms with van der Waals surface area (Å²) in [6.45, 7) is 6.34. The Morgan fingerprint density at radius 1 is 1.06 bits per heavy atom. The van der Waals surface area contributed by atoms with Crippen molar-refractivity contribution in [1.29, 1.82) is 0 Å². The molecule has 1 aliphatic rings. The largest absolute Gasteiger partial charge is 0.356 e. The molecule has 0 fully saturated rings. The summed E-state index contributed by atoms with van der Waals surface area (Å²) in [6.07, 6.45) is 4.27. The maximum absolute atomic E-state index is 14.4. The molecule has 0 bridgehead atoms. The summed E-state index contributed by atoms with van der Waals surface area (Å²) in [7, 11) is 1.99. The van der Waals surface area contributed by atoms with E-state index in [2.05, 4.69) is 17.3 Å². The van der Waals surface area contributed by atoms with Crippen LogP contribution in [-0.2, 0) is 13.5 Å². The fourth-order valence-corrected chi connectivity index (χ4v) is 5.09. The first-order chi connectivity index (χ1) is 16.8. The molecule has 3 aromatic heterocycles. The van der Waals surface area contributed by atoms with Gasteiger partial charge in [0.25, 0.3) is 0 Å². The molecule has 0 radical (unpaired) electrons. The Hall–Kier alpha value is -3.98. The molecule has 5 aromatic rings. The summed E-state index contributed by atoms with van der Waals surface area (Å²) in [6, 6.07) is 11.4. The van der Waals surface area contributed by atoms with E-state index < -0.39 is 0 Å². The number of benzene rings is 2. The number of halogens is 1. The molecule has 0 amide bonds. The van der Waals surface area contributed by atoms with Crippen LogP contribution in [0.1, 0.15) is 35.3 Å². The summed E-state index contributed by atoms with van der Waals surface area (Å²) in [4.78, 5) is 13.7. The summed E-state index contributed by atoms with van der Waals surface area (Å²) in [5.41, 5.74) is 5.13. The minimum Gasteiger partial charge on any atom is -0.351 e. The van der Waals surface area contributed by atoms with Gasteiger partial charge in [-0.15, -0.1) is 0 Å². The Morgan fingerprint density at radius 3 is 2.60 bits per heavy atom. The van der Waals surface area contributed by atoms with E-state index in [1.54, 1.807) is 35.2 Å². The van der Waals surface area contributed by atoms with Gasteiger partial charge >= 0.3 is 5.69 Å². The minimum absolute atomic E-state index is 0.000983. The highest BCUT2D eigenvalue weighted by atomic mass is 19.1. The van der Waals surface area contributed by atoms with Crippen LogP contribution in [0.25, 0.3) is 28.1 Å². The van der Waals surface area contributed by atoms with Crippen LogP contribution < -0.4 is 11.0 Å². The molecule has 0 saturated carbocycles. The topological polar surface area (TPSA) is 74.6 Å². The van der Waals surface area contributed by atoms with Crippen LogP contribution in [0.3, 0.4) is 0 Å². The van der Waals surface area contributed by atoms with Gasteiger partial charge in [0.05, 0.1) is 17.1 Å². The number of aryl methyl sites for hydroxylation is 3. The van der Waals surface area contributed by atoms with E-state index in [-0.39, 0.29) is 17.5 Å². The molecule has 4 heterocycles. The van der Waals surface area contributed by atoms with Gasteiger partial charge < -0.3 is 9.88 Å². The lowest BCUT2D eigenvalue weighted by atomic mass is 10.0. The maximum atomic E-state index is 14.4. The van der Waals surface area contributed by atoms with E-state index in [0.717, 1.165) is 35.1 Å². The first-order valence-corrected chi connectivity index (χ1v) is 11.7. The zero-order chi connectivity index (χ0) is 24.4. The quantitative estimate of drug-likeness (QED) is 0.436. The molecular weight excluding hydrogens is 445 g/mol. The zero-order valence-corrected chi connectivity index (χ0v) is 20.1. The highest BCUT2D eigenvalue weighted by molar-refractivity contribution is 5.82. The van der Waals surface area contributed by atoms with Crippen LogP contribution in [0.2, 0.25) is 0 Å². The second-order valence-corrected chi connectivity index (χ2v) is 9.28. The number of fused-ring (bicyclic) bond motifs is 2. The second-order valence-electron chi connectivity index (χ2n) is 9.28. The SMILES string of the molecule is Cc1cc(-n2nc3c(c2-n2cnn(-c4ccc5c(ccn5C)c4)c2=O)[C@H](C)NCC3)cc(C)c1F. The predicted octanol–water partition coefficient (Wildman–Crippen LogP) is 3.66. The lowest BCUT2D eigenvalue weighted by molar-refractivity contribution is 0.536. The summed E-state index contributed by atoms with van der Waals surface area (Å²) in [5, 5.41) is 13.8. The van der Waals surface area contributed by atoms with Crippen molar-refractivity contribution < 1.29 is 4.39 Å². The maximum Gasteiger partial charge on any atom is 0.356 e. The van der Waals surface area contributed by atoms with Crippen molar-refractivity contribution in [3.8, 4) is 17.2 Å². The molecule has 6 rings (SSSR count). The van der Waals surface area contributed by atoms with Gasteiger partial charge in [-0.3, -0.25) is 0 Å². The van der Waals surface area contributed by atoms with Gasteiger partial charge in [0.1, 0.15) is 12.1 Å². The molecule has 35 heavy (non-hydrogen) atoms. The summed E-state index contributed by atoms with van der Waals surface area (Å²) in [5.74, 6) is 0.394. The van der Waals surface area contributed by atoms with Crippen LogP contribution in [0.4, 0.5) is 4.39 Å². The molecule has 0 spiro atoms. The standard InChI is InChI=1S/C26H26FN7O/c1-15-11-20(12-16(2)24(15)27)33-25(23-17(3)28-9-7-21(23)30-33)32-14-29-34(26(32)35)19-5-6-22-18(13-19)8-10-31(22)4/h5-6,8,10-14,17,28H,7,9H2,1-4H3/t17-/m0/s1. The van der Waals surface area contributed by atoms with Gasteiger partial charge in [0.2, 0.25) is 0 Å². The summed E-state index contributed by atoms with van der Waals surface area (Å²) >= 11 is 0. The van der Waals surface area contributed by atoms with Gasteiger partial charge in [-0.1, -0.05) is 0 Å². The van der Waals surface area contributed by atoms with E-state index in [0.29, 0.717) is 28.3 Å². The van der Waals surface area contributed by atoms with Crippen molar-refractivity contribution in [1.82, 2.24) is 34.0 Å². The van der Waals surface area contributed by atoms with Crippen molar-refractivity contribution in [2.24, 2.45) is 7.05 Å². The molecule has 1 aliphatic heterocycles. The number of nitrogens with one attached hydrogen (secondary N) is 1. The molecule has 9 heteroatoms. The van der Waals surface area contributed by atoms with E-state index in [1.165, 1.54) is 11.0 Å². The van der Waals surface area contributed by atoms with E-state index in [4.69, 9.17) is 5.10 Å². The fourth-order valence-electron chi connectivity index (χ4n) is 5.09. The normalized spacial score (nSPS) is 15.6. The van der Waals surface area contributed by atoms with Gasteiger partial charge in [0.15, 0.2) is 5.82 Å². The molecule has 8 nitrogen and oxygen atoms in total. The molecule has 1 N–H and O–H groups in total. The Morgan fingerprint density at radius 2 is 1.83 bits per heavy atom. The van der Waals surface area contributed by atoms with Crippen LogP contribution >= 0.6 is 0 Å². The van der Waals surface area contributed by atoms with Crippen LogP contribution in [0.15, 0.2) is 53.7 Å². The van der Waals surface area contributed by atoms with Gasteiger partial charge in [0, 0.05) is 48.7 Å². The monoisotopic (exact) mass is 471 g/mol. The van der Waals surface area contributed by atoms with Crippen molar-refractivity contribution in [2.45, 2.75) is 33.2 Å². The smallest absolute Gasteiger partial charge is 0.351 e. The van der Waals surface area contributed by atoms with Gasteiger partial charge in [-0.25, -0.2) is 18.4 Å². The minimum atomic E-state index is -0.294. The Labute approximate surface area is 201 Å². The number of hydrogen-bond acceptors (Lipinski definition) is 4. The van der Waals surface area contributed by atoms with Crippen molar-refractivity contribution in [3.05, 3.63) is 87.6 Å². The Bertz CT molecular complexity index is 1650. The van der Waals surface area contributed by atoms with Gasteiger partial charge in [-0.2, -0.15) is 14.9 Å². The van der Waals surface area contributed by atoms with Crippen molar-refractivity contribution >= 4 is 10.9 Å². The molecule has 2 aromatic carbocycles. The Kier molecular flexibility index (Phi) is 4.79. The highest BCUT2D eigenvalue weighted by Crippen LogP contribution is 2.31. The first kappa shape index (κ1) is 21.5. The molecule has 0 aliphatic carbocycles. The zero-order valence-electron chi connectivity index (χ0n) is 20.1. The number of aromatic nitrogens is 6. The van der Waals surface area contributed by atoms with Crippen molar-refractivity contribution in [3.63, 3.8) is 0 Å². The van der Waals surface area contributed by atoms with E-state index in [1.807, 2.05) is 42.1 Å². The highest BCUT2D eigenvalue weighted by Gasteiger charge is 2.29. The number of hydrogen-bond donors (Lipinski definition) is 1. The molecule has 1 atom stereocenters. The van der Waals surface area contributed by atoms with Crippen molar-refractivity contribution in [2.75, 3.05) is 6.54 Å². The van der Waals surface area contributed by atoms with E-state index in [9.17, 15) is 9.18 Å². The lowest BCUT2D eigenvalue weighted by Gasteiger charge is -2.20. The average molecular weight is 472 g/mol. The molecular formula is C26H26FN7O. The third-order valence-corrected chi connectivity index (χ3v) is 6.90. The van der Waals surface area contributed by atoms with E-state index >= 15 is 0 Å². The summed E-state index contributed by atoms with van der Waals surface area (Å²) < 4.78 is 21.1. The van der Waals surface area contributed by atoms with Crippen LogP contribution in [0, 0.1) is 19.7 Å². The number of rotatable bonds is 3. The average Bonchev–Trinajstić information content (AvgIpc) is 3.52. The second kappa shape index (κ2) is 7.78. The third kappa shape index (κ3) is 3.26. The molecule has 0 unspecified atom stereocenters. The van der Waals surface area contributed by atoms with Gasteiger partial charge in [-0.05, 0) is 68.3 Å². The third-order valence-electron chi connectivity index (χ3n) is 6.90. The Balaban J connectivity index is 1.57. The lowest BCUT2D eigenvalue weighted by Crippen LogP contribution is -2.30. The number of nitrogens with zero attached hydrogens (tertiary/aromatic N) is 6. The first-order valence-electron chi connectivity index (χ1n) is 11.7. The molecule has 178 valence electrons. The van der Waals surface area contributed by atoms with Crippen LogP contribution in [-0.4, -0.2) is 35.2 Å². The fraction of sp³-hybridized carbons (Fsp3) is 0.269. The predicted molar refractivity (Wildman–Crippen MR) is 132 cm³/mol. The van der Waals surface area contributed by atoms with Crippen LogP contribution in [0.5, 0.6) is 0 Å².